The molecule has 0 amide bonds. The molecule has 0 aliphatic heterocycles. The molecule has 50 valence electrons. The Bertz CT molecular complexity index is 11.2. The van der Waals surface area contributed by atoms with Crippen molar-refractivity contribution < 1.29 is 13.2 Å². The summed E-state index contributed by atoms with van der Waals surface area (Å²) < 4.78 is 29.0. The van der Waals surface area contributed by atoms with Crippen molar-refractivity contribution in [1.82, 2.24) is 0 Å². The summed E-state index contributed by atoms with van der Waals surface area (Å²) in [6.45, 7) is 1.21. The van der Waals surface area contributed by atoms with Crippen LogP contribution in [0.5, 0.6) is 0 Å². The van der Waals surface area contributed by atoms with Crippen LogP contribution < -0.4 is 0 Å². The van der Waals surface area contributed by atoms with Gasteiger partial charge in [-0.05, 0) is 6.92 Å². The molecule has 0 unspecified atom stereocenters. The Morgan fingerprint density at radius 1 is 1.25 bits per heavy atom. The summed E-state index contributed by atoms with van der Waals surface area (Å²) in [5.41, 5.74) is 0. The third-order valence-corrected chi connectivity index (χ3v) is 0. The van der Waals surface area contributed by atoms with E-state index in [9.17, 15) is 13.2 Å². The van der Waals surface area contributed by atoms with Gasteiger partial charge in [-0.3, -0.25) is 8.78 Å². The molecule has 0 saturated heterocycles. The molecule has 0 atom stereocenters. The largest absolute Gasteiger partial charge is 0.463 e. The molecule has 0 nitrogen and oxygen atoms in total. The van der Waals surface area contributed by atoms with Crippen molar-refractivity contribution in [2.24, 2.45) is 0 Å². The molecule has 0 fully saturated rings. The zero-order chi connectivity index (χ0) is 6.71. The number of alkyl halides is 2. The second-order valence-electron chi connectivity index (χ2n) is 0.267. The van der Waals surface area contributed by atoms with E-state index in [1.165, 1.54) is 6.92 Å². The summed E-state index contributed by atoms with van der Waals surface area (Å²) in [6.07, 6.45) is 0. The summed E-state index contributed by atoms with van der Waals surface area (Å²) in [4.78, 5) is 0. The molecule has 0 aliphatic carbocycles. The Morgan fingerprint density at radius 2 is 1.25 bits per heavy atom. The first-order valence-electron chi connectivity index (χ1n) is 1.62. The van der Waals surface area contributed by atoms with Crippen molar-refractivity contribution >= 4 is 0 Å². The Morgan fingerprint density at radius 3 is 1.25 bits per heavy atom. The monoisotopic (exact) mass is 382 g/mol. The average molecular weight is 382 g/mol. The van der Waals surface area contributed by atoms with Crippen LogP contribution in [0.25, 0.3) is 0 Å². The van der Waals surface area contributed by atoms with Gasteiger partial charge in [0.2, 0.25) is 0 Å². The first-order valence-corrected chi connectivity index (χ1v) is 1.62. The molecule has 0 rings (SSSR count). The van der Waals surface area contributed by atoms with Gasteiger partial charge >= 0.3 is 0 Å². The predicted octanol–water partition coefficient (Wildman–Crippen LogP) is 2.31. The normalized spacial score (nSPS) is 3.75. The molecular formula is C4H10F3Rf-. The van der Waals surface area contributed by atoms with E-state index in [0.717, 1.165) is 0 Å². The minimum absolute atomic E-state index is 0. The topological polar surface area (TPSA) is 0 Å². The maximum Gasteiger partial charge on any atom is 0.0866 e. The van der Waals surface area contributed by atoms with Crippen LogP contribution in [0.4, 0.5) is 13.2 Å². The molecule has 8 heavy (non-hydrogen) atoms. The summed E-state index contributed by atoms with van der Waals surface area (Å²) in [6, 6.07) is 0. The summed E-state index contributed by atoms with van der Waals surface area (Å²) >= 11 is 0. The van der Waals surface area contributed by atoms with Crippen LogP contribution in [-0.2, 0) is 0 Å². The van der Waals surface area contributed by atoms with E-state index in [4.69, 9.17) is 0 Å². The molecule has 0 aromatic heterocycles. The van der Waals surface area contributed by atoms with Crippen LogP contribution in [0.2, 0.25) is 0 Å². The first-order chi connectivity index (χ1) is 3.41. The second kappa shape index (κ2) is 3010. The van der Waals surface area contributed by atoms with Gasteiger partial charge in [0.15, 0.2) is 0 Å². The van der Waals surface area contributed by atoms with Gasteiger partial charge < -0.3 is 4.39 Å². The minimum atomic E-state index is -0.250. The third kappa shape index (κ3) is 47.0. The Kier molecular flexibility index (Phi) is 11000. The predicted molar refractivity (Wildman–Crippen MR) is 25.1 cm³/mol. The van der Waals surface area contributed by atoms with Crippen LogP contribution in [0, 0.1) is 7.18 Å². The van der Waals surface area contributed by atoms with E-state index in [2.05, 4.69) is 0 Å². The maximum absolute atomic E-state index is 10.3. The number of halogens is 3. The molecule has 0 aromatic carbocycles. The van der Waals surface area contributed by atoms with Gasteiger partial charge in [-0.2, -0.15) is 7.18 Å². The Labute approximate surface area is 42.3 Å². The third-order valence-electron chi connectivity index (χ3n) is 0. The zero-order valence-corrected chi connectivity index (χ0v) is 11.7. The molecule has 4 heteroatoms. The Hall–Kier alpha value is -1.21. The van der Waals surface area contributed by atoms with Gasteiger partial charge in [0, 0.05) is 0 Å². The maximum atomic E-state index is 10.3. The Balaban J connectivity index is -0.0000000147. The first kappa shape index (κ1) is 29.2. The molecule has 0 spiro atoms. The number of hydrogen-bond acceptors (Lipinski definition) is 0. The van der Waals surface area contributed by atoms with Gasteiger partial charge in [-0.25, -0.2) is 0 Å². The molecule has 0 aromatic rings. The molecule has 0 saturated carbocycles. The van der Waals surface area contributed by atoms with Crippen molar-refractivity contribution in [2.45, 2.75) is 6.92 Å². The molecular weight excluding hydrogens is 372 g/mol. The minimum Gasteiger partial charge on any atom is -0.463 e. The van der Waals surface area contributed by atoms with E-state index in [1.807, 2.05) is 0 Å². The van der Waals surface area contributed by atoms with Crippen molar-refractivity contribution in [2.75, 3.05) is 13.9 Å². The van der Waals surface area contributed by atoms with E-state index >= 15 is 0 Å². The van der Waals surface area contributed by atoms with Crippen LogP contribution in [0.3, 0.4) is 0 Å². The van der Waals surface area contributed by atoms with Crippen molar-refractivity contribution in [3.63, 3.8) is 0 Å². The van der Waals surface area contributed by atoms with Crippen LogP contribution in [0.1, 0.15) is 6.92 Å². The molecule has 0 radical (unpaired) electrons. The zero-order valence-electron chi connectivity index (χ0n) is 5.26. The quantitative estimate of drug-likeness (QED) is 0.565. The van der Waals surface area contributed by atoms with E-state index in [0.29, 0.717) is 7.18 Å². The van der Waals surface area contributed by atoms with Gasteiger partial charge in [0.25, 0.3) is 0 Å². The van der Waals surface area contributed by atoms with Gasteiger partial charge in [0.1, 0.15) is 0 Å². The smallest absolute Gasteiger partial charge is 0.0866 e. The standard InChI is InChI=1S/C2H5F.CH3F.CH2F.Rf/c1-2-3;2*1-2;/h2H2,1H3;1H3;1H2;/q;;-1;. The van der Waals surface area contributed by atoms with E-state index in [1.54, 1.807) is 7.18 Å². The van der Waals surface area contributed by atoms with Crippen LogP contribution in [0.15, 0.2) is 0 Å². The van der Waals surface area contributed by atoms with Gasteiger partial charge in [0.05, 0.1) is 13.9 Å². The molecule has 0 N–H and O–H groups in total. The van der Waals surface area contributed by atoms with Gasteiger partial charge in [-0.15, -0.1) is 0 Å². The summed E-state index contributed by atoms with van der Waals surface area (Å²) in [5, 5.41) is 0. The fourth-order valence-electron chi connectivity index (χ4n) is 0. The van der Waals surface area contributed by atoms with Crippen LogP contribution in [-0.4, -0.2) is 13.9 Å². The fourth-order valence-corrected chi connectivity index (χ4v) is 0. The molecule has 0 heterocycles. The summed E-state index contributed by atoms with van der Waals surface area (Å²) in [7, 11) is 2.25. The van der Waals surface area contributed by atoms with Crippen LogP contribution >= 0.6 is 0 Å². The van der Waals surface area contributed by atoms with Crippen molar-refractivity contribution in [3.8, 4) is 0 Å². The second-order valence-corrected chi connectivity index (χ2v) is 0.267. The fraction of sp³-hybridized carbons (Fsp3) is 0.750. The number of rotatable bonds is 0. The van der Waals surface area contributed by atoms with E-state index in [-0.39, 0.29) is 6.67 Å². The van der Waals surface area contributed by atoms with E-state index < -0.39 is 0 Å². The molecule has 0 aliphatic rings. The molecule has 0 bridgehead atoms. The summed E-state index contributed by atoms with van der Waals surface area (Å²) in [5.74, 6) is 0. The van der Waals surface area contributed by atoms with Gasteiger partial charge in [-0.1, -0.05) is 0 Å². The van der Waals surface area contributed by atoms with Crippen molar-refractivity contribution in [1.29, 1.82) is 0 Å². The number of hydrogen-bond donors (Lipinski definition) is 0. The van der Waals surface area contributed by atoms with Crippen molar-refractivity contribution in [3.05, 3.63) is 7.18 Å². The average Bonchev–Trinajstić information content (AvgIpc) is 1.78. The SMILES string of the molecule is CCF.CF.[CH2-]F.[Rf].